The number of likely N-dealkylation sites (N-methyl/N-ethyl adjacent to an activating group) is 1. The summed E-state index contributed by atoms with van der Waals surface area (Å²) in [5, 5.41) is 0. The molecule has 1 aromatic carbocycles. The summed E-state index contributed by atoms with van der Waals surface area (Å²) in [7, 11) is 3.04. The molecule has 7 heteroatoms. The van der Waals surface area contributed by atoms with Gasteiger partial charge in [0.1, 0.15) is 19.4 Å². The molecule has 1 fully saturated rings. The van der Waals surface area contributed by atoms with Gasteiger partial charge in [0, 0.05) is 12.6 Å². The molecule has 7 nitrogen and oxygen atoms in total. The van der Waals surface area contributed by atoms with E-state index in [4.69, 9.17) is 9.47 Å². The molecule has 0 radical (unpaired) electrons. The summed E-state index contributed by atoms with van der Waals surface area (Å²) >= 11 is 0. The maximum atomic E-state index is 11.7. The molecule has 0 spiro atoms. The molecular formula is C14H16N2O5. The first-order valence-corrected chi connectivity index (χ1v) is 6.38. The fourth-order valence-electron chi connectivity index (χ4n) is 2.01. The molecule has 0 bridgehead atoms. The normalized spacial score (nSPS) is 14.6. The second kappa shape index (κ2) is 6.25. The molecule has 0 aromatic heterocycles. The summed E-state index contributed by atoms with van der Waals surface area (Å²) in [5.74, 6) is 0.640. The van der Waals surface area contributed by atoms with E-state index in [1.54, 1.807) is 25.2 Å². The number of urea groups is 1. The van der Waals surface area contributed by atoms with Crippen molar-refractivity contribution in [3.63, 3.8) is 0 Å². The Morgan fingerprint density at radius 3 is 2.62 bits per heavy atom. The molecule has 21 heavy (non-hydrogen) atoms. The van der Waals surface area contributed by atoms with Crippen LogP contribution in [0.4, 0.5) is 4.79 Å². The molecule has 0 aliphatic carbocycles. The van der Waals surface area contributed by atoms with Crippen LogP contribution in [0.3, 0.4) is 0 Å². The topological polar surface area (TPSA) is 76.2 Å². The maximum Gasteiger partial charge on any atom is 0.327 e. The first-order valence-electron chi connectivity index (χ1n) is 6.38. The molecule has 3 amide bonds. The molecule has 1 saturated heterocycles. The second-order valence-electron chi connectivity index (χ2n) is 4.56. The molecule has 1 aliphatic heterocycles. The van der Waals surface area contributed by atoms with Crippen molar-refractivity contribution in [2.45, 2.75) is 0 Å². The van der Waals surface area contributed by atoms with Crippen molar-refractivity contribution in [1.82, 2.24) is 9.80 Å². The number of benzene rings is 1. The van der Waals surface area contributed by atoms with Gasteiger partial charge in [0.05, 0.1) is 13.7 Å². The Kier molecular flexibility index (Phi) is 4.42. The van der Waals surface area contributed by atoms with Gasteiger partial charge in [-0.25, -0.2) is 4.79 Å². The highest BCUT2D eigenvalue weighted by atomic mass is 16.5. The van der Waals surface area contributed by atoms with E-state index in [2.05, 4.69) is 0 Å². The van der Waals surface area contributed by atoms with Crippen LogP contribution < -0.4 is 9.47 Å². The summed E-state index contributed by atoms with van der Waals surface area (Å²) < 4.78 is 10.6. The zero-order chi connectivity index (χ0) is 15.4. The third kappa shape index (κ3) is 3.13. The van der Waals surface area contributed by atoms with Crippen molar-refractivity contribution in [3.05, 3.63) is 23.8 Å². The number of nitrogens with zero attached hydrogens (tertiary/aromatic N) is 2. The zero-order valence-corrected chi connectivity index (χ0v) is 11.9. The highest BCUT2D eigenvalue weighted by Gasteiger charge is 2.33. The van der Waals surface area contributed by atoms with Gasteiger partial charge in [-0.15, -0.1) is 0 Å². The van der Waals surface area contributed by atoms with Crippen molar-refractivity contribution in [2.75, 3.05) is 33.9 Å². The quantitative estimate of drug-likeness (QED) is 0.572. The van der Waals surface area contributed by atoms with Gasteiger partial charge in [-0.2, -0.15) is 0 Å². The van der Waals surface area contributed by atoms with E-state index in [9.17, 15) is 14.4 Å². The lowest BCUT2D eigenvalue weighted by Gasteiger charge is -2.15. The standard InChI is InChI=1S/C14H16N2O5/c1-15-8-13(18)16(14(15)19)5-6-21-11-4-3-10(9-17)7-12(11)20-2/h3-4,7,9H,5-6,8H2,1-2H3. The van der Waals surface area contributed by atoms with Crippen LogP contribution in [0.5, 0.6) is 11.5 Å². The Balaban J connectivity index is 1.96. The summed E-state index contributed by atoms with van der Waals surface area (Å²) in [6.45, 7) is 0.416. The van der Waals surface area contributed by atoms with Crippen LogP contribution >= 0.6 is 0 Å². The number of hydrogen-bond donors (Lipinski definition) is 0. The minimum Gasteiger partial charge on any atom is -0.493 e. The number of ether oxygens (including phenoxy) is 2. The summed E-state index contributed by atoms with van der Waals surface area (Å²) in [6, 6.07) is 4.45. The first-order chi connectivity index (χ1) is 10.1. The Bertz CT molecular complexity index is 572. The van der Waals surface area contributed by atoms with Crippen LogP contribution in [-0.4, -0.2) is 61.9 Å². The third-order valence-electron chi connectivity index (χ3n) is 3.13. The lowest BCUT2D eigenvalue weighted by molar-refractivity contribution is -0.125. The van der Waals surface area contributed by atoms with Crippen LogP contribution in [0.25, 0.3) is 0 Å². The monoisotopic (exact) mass is 292 g/mol. The molecule has 1 aliphatic rings. The van der Waals surface area contributed by atoms with Crippen molar-refractivity contribution >= 4 is 18.2 Å². The van der Waals surface area contributed by atoms with E-state index < -0.39 is 0 Å². The molecule has 0 N–H and O–H groups in total. The zero-order valence-electron chi connectivity index (χ0n) is 11.9. The number of rotatable bonds is 6. The molecule has 112 valence electrons. The van der Waals surface area contributed by atoms with Crippen LogP contribution in [0, 0.1) is 0 Å². The molecule has 1 heterocycles. The van der Waals surface area contributed by atoms with Gasteiger partial charge in [0.15, 0.2) is 11.5 Å². The van der Waals surface area contributed by atoms with E-state index in [1.165, 1.54) is 12.0 Å². The SMILES string of the molecule is COc1cc(C=O)ccc1OCCN1C(=O)CN(C)C1=O. The molecule has 0 saturated carbocycles. The Labute approximate surface area is 122 Å². The minimum atomic E-state index is -0.327. The Morgan fingerprint density at radius 2 is 2.05 bits per heavy atom. The van der Waals surface area contributed by atoms with Crippen molar-refractivity contribution in [2.24, 2.45) is 0 Å². The average Bonchev–Trinajstić information content (AvgIpc) is 2.73. The lowest BCUT2D eigenvalue weighted by atomic mass is 10.2. The summed E-state index contributed by atoms with van der Waals surface area (Å²) in [6.07, 6.45) is 0.712. The first kappa shape index (κ1) is 14.8. The molecule has 0 unspecified atom stereocenters. The number of carbonyl (C=O) groups excluding carboxylic acids is 3. The molecule has 1 aromatic rings. The van der Waals surface area contributed by atoms with Gasteiger partial charge in [-0.1, -0.05) is 0 Å². The third-order valence-corrected chi connectivity index (χ3v) is 3.13. The van der Waals surface area contributed by atoms with Gasteiger partial charge < -0.3 is 14.4 Å². The number of methoxy groups -OCH3 is 1. The van der Waals surface area contributed by atoms with E-state index in [-0.39, 0.29) is 31.6 Å². The van der Waals surface area contributed by atoms with Crippen LogP contribution in [0.15, 0.2) is 18.2 Å². The van der Waals surface area contributed by atoms with Crippen LogP contribution in [0.2, 0.25) is 0 Å². The van der Waals surface area contributed by atoms with Crippen LogP contribution in [0.1, 0.15) is 10.4 Å². The molecule has 2 rings (SSSR count). The molecular weight excluding hydrogens is 276 g/mol. The highest BCUT2D eigenvalue weighted by Crippen LogP contribution is 2.27. The fraction of sp³-hybridized carbons (Fsp3) is 0.357. The van der Waals surface area contributed by atoms with Gasteiger partial charge in [-0.3, -0.25) is 14.5 Å². The summed E-state index contributed by atoms with van der Waals surface area (Å²) in [4.78, 5) is 36.5. The van der Waals surface area contributed by atoms with Gasteiger partial charge in [-0.05, 0) is 18.2 Å². The van der Waals surface area contributed by atoms with E-state index in [0.717, 1.165) is 4.90 Å². The predicted molar refractivity (Wildman–Crippen MR) is 73.6 cm³/mol. The number of carbonyl (C=O) groups is 3. The number of imide groups is 1. The van der Waals surface area contributed by atoms with Crippen LogP contribution in [-0.2, 0) is 4.79 Å². The number of amides is 3. The predicted octanol–water partition coefficient (Wildman–Crippen LogP) is 0.780. The van der Waals surface area contributed by atoms with Gasteiger partial charge in [0.2, 0.25) is 5.91 Å². The Morgan fingerprint density at radius 1 is 1.29 bits per heavy atom. The number of aldehydes is 1. The highest BCUT2D eigenvalue weighted by molar-refractivity contribution is 6.01. The van der Waals surface area contributed by atoms with Crippen molar-refractivity contribution in [1.29, 1.82) is 0 Å². The summed E-state index contributed by atoms with van der Waals surface area (Å²) in [5.41, 5.74) is 0.478. The van der Waals surface area contributed by atoms with E-state index >= 15 is 0 Å². The van der Waals surface area contributed by atoms with Gasteiger partial charge >= 0.3 is 6.03 Å². The van der Waals surface area contributed by atoms with Crippen molar-refractivity contribution in [3.8, 4) is 11.5 Å². The smallest absolute Gasteiger partial charge is 0.327 e. The largest absolute Gasteiger partial charge is 0.493 e. The van der Waals surface area contributed by atoms with E-state index in [0.29, 0.717) is 23.3 Å². The van der Waals surface area contributed by atoms with Gasteiger partial charge in [0.25, 0.3) is 0 Å². The lowest BCUT2D eigenvalue weighted by Crippen LogP contribution is -2.35. The maximum absolute atomic E-state index is 11.7. The van der Waals surface area contributed by atoms with E-state index in [1.807, 2.05) is 0 Å². The fourth-order valence-corrected chi connectivity index (χ4v) is 2.01. The van der Waals surface area contributed by atoms with Crippen molar-refractivity contribution < 1.29 is 23.9 Å². The minimum absolute atomic E-state index is 0.0934. The second-order valence-corrected chi connectivity index (χ2v) is 4.56. The Hall–Kier alpha value is -2.57. The number of hydrogen-bond acceptors (Lipinski definition) is 5. The average molecular weight is 292 g/mol. The molecule has 0 atom stereocenters.